The zero-order valence-corrected chi connectivity index (χ0v) is 9.70. The van der Waals surface area contributed by atoms with E-state index in [9.17, 15) is 9.59 Å². The monoisotopic (exact) mass is 220 g/mol. The van der Waals surface area contributed by atoms with Gasteiger partial charge in [0.25, 0.3) is 11.1 Å². The zero-order chi connectivity index (χ0) is 12.1. The molecule has 86 valence electrons. The van der Waals surface area contributed by atoms with Crippen molar-refractivity contribution >= 4 is 10.8 Å². The lowest BCUT2D eigenvalue weighted by Gasteiger charge is -1.92. The van der Waals surface area contributed by atoms with Crippen LogP contribution in [0.1, 0.15) is 20.8 Å². The number of aromatic nitrogens is 2. The fraction of sp³-hybridized carbons (Fsp3) is 0.333. The first kappa shape index (κ1) is 12.2. The van der Waals surface area contributed by atoms with Crippen molar-refractivity contribution in [3.8, 4) is 0 Å². The molecule has 4 nitrogen and oxygen atoms in total. The Labute approximate surface area is 93.3 Å². The highest BCUT2D eigenvalue weighted by Crippen LogP contribution is 2.00. The van der Waals surface area contributed by atoms with Crippen LogP contribution in [-0.2, 0) is 0 Å². The van der Waals surface area contributed by atoms with Gasteiger partial charge in [0.05, 0.1) is 10.8 Å². The quantitative estimate of drug-likeness (QED) is 0.712. The lowest BCUT2D eigenvalue weighted by Crippen LogP contribution is -2.18. The van der Waals surface area contributed by atoms with Crippen molar-refractivity contribution in [2.45, 2.75) is 20.8 Å². The first-order valence-corrected chi connectivity index (χ1v) is 5.22. The Kier molecular flexibility index (Phi) is 4.05. The molecule has 1 heterocycles. The Hall–Kier alpha value is -1.84. The summed E-state index contributed by atoms with van der Waals surface area (Å²) in [6.45, 7) is 6.50. The third-order valence-electron chi connectivity index (χ3n) is 1.71. The third kappa shape index (κ3) is 3.08. The van der Waals surface area contributed by atoms with Gasteiger partial charge >= 0.3 is 0 Å². The number of rotatable bonds is 0. The molecular weight excluding hydrogens is 204 g/mol. The zero-order valence-electron chi connectivity index (χ0n) is 9.70. The standard InChI is InChI=1S/C8H6N2O2.C4H10/c11-7-5-3-1-2-4-6(5)8(12)10-9-7;1-4(2)3/h1-4H,(H,9,11)(H,10,12);4H,1-3H3. The molecule has 0 aliphatic rings. The van der Waals surface area contributed by atoms with E-state index in [4.69, 9.17) is 0 Å². The molecule has 0 aliphatic carbocycles. The number of hydrogen-bond donors (Lipinski definition) is 2. The molecule has 4 heteroatoms. The molecule has 1 aromatic heterocycles. The van der Waals surface area contributed by atoms with E-state index in [0.29, 0.717) is 10.8 Å². The molecule has 0 fully saturated rings. The van der Waals surface area contributed by atoms with Gasteiger partial charge in [-0.15, -0.1) is 0 Å². The molecule has 0 saturated heterocycles. The topological polar surface area (TPSA) is 65.7 Å². The molecule has 0 amide bonds. The Morgan fingerprint density at radius 2 is 1.19 bits per heavy atom. The van der Waals surface area contributed by atoms with Crippen LogP contribution in [0.3, 0.4) is 0 Å². The summed E-state index contributed by atoms with van der Waals surface area (Å²) in [5.41, 5.74) is -0.546. The molecule has 0 unspecified atom stereocenters. The van der Waals surface area contributed by atoms with Crippen LogP contribution < -0.4 is 11.1 Å². The number of nitrogens with one attached hydrogen (secondary N) is 2. The van der Waals surface area contributed by atoms with E-state index in [2.05, 4.69) is 31.0 Å². The maximum absolute atomic E-state index is 11.1. The van der Waals surface area contributed by atoms with Gasteiger partial charge in [0, 0.05) is 0 Å². The third-order valence-corrected chi connectivity index (χ3v) is 1.71. The number of aromatic amines is 2. The van der Waals surface area contributed by atoms with E-state index in [0.717, 1.165) is 5.92 Å². The fourth-order valence-corrected chi connectivity index (χ4v) is 1.13. The van der Waals surface area contributed by atoms with Gasteiger partial charge in [0.1, 0.15) is 0 Å². The lowest BCUT2D eigenvalue weighted by molar-refractivity contribution is 0.737. The van der Waals surface area contributed by atoms with Gasteiger partial charge < -0.3 is 0 Å². The molecule has 2 aromatic rings. The van der Waals surface area contributed by atoms with Crippen molar-refractivity contribution < 1.29 is 0 Å². The lowest BCUT2D eigenvalue weighted by atomic mass is 10.2. The second-order valence-electron chi connectivity index (χ2n) is 4.19. The first-order chi connectivity index (χ1) is 7.52. The molecule has 0 radical (unpaired) electrons. The molecule has 2 rings (SSSR count). The van der Waals surface area contributed by atoms with Gasteiger partial charge in [-0.25, -0.2) is 0 Å². The van der Waals surface area contributed by atoms with Gasteiger partial charge in [-0.05, 0) is 18.1 Å². The fourth-order valence-electron chi connectivity index (χ4n) is 1.13. The predicted molar refractivity (Wildman–Crippen MR) is 65.7 cm³/mol. The van der Waals surface area contributed by atoms with Gasteiger partial charge in [-0.3, -0.25) is 19.8 Å². The van der Waals surface area contributed by atoms with E-state index in [1.54, 1.807) is 24.3 Å². The van der Waals surface area contributed by atoms with E-state index in [1.807, 2.05) is 0 Å². The SMILES string of the molecule is CC(C)C.O=c1[nH][nH]c(=O)c2ccccc12. The van der Waals surface area contributed by atoms with Crippen LogP contribution >= 0.6 is 0 Å². The van der Waals surface area contributed by atoms with E-state index in [-0.39, 0.29) is 11.1 Å². The molecule has 0 bridgehead atoms. The van der Waals surface area contributed by atoms with Crippen LogP contribution in [0.25, 0.3) is 10.8 Å². The molecule has 0 saturated carbocycles. The molecule has 0 aliphatic heterocycles. The van der Waals surface area contributed by atoms with Crippen LogP contribution in [-0.4, -0.2) is 10.2 Å². The Morgan fingerprint density at radius 1 is 0.875 bits per heavy atom. The molecule has 1 aromatic carbocycles. The second kappa shape index (κ2) is 5.30. The Bertz CT molecular complexity index is 515. The van der Waals surface area contributed by atoms with Crippen molar-refractivity contribution in [1.82, 2.24) is 10.2 Å². The summed E-state index contributed by atoms with van der Waals surface area (Å²) < 4.78 is 0. The Balaban J connectivity index is 0.000000280. The number of H-pyrrole nitrogens is 2. The van der Waals surface area contributed by atoms with Crippen molar-refractivity contribution in [1.29, 1.82) is 0 Å². The summed E-state index contributed by atoms with van der Waals surface area (Å²) in [4.78, 5) is 22.2. The summed E-state index contributed by atoms with van der Waals surface area (Å²) in [7, 11) is 0. The highest BCUT2D eigenvalue weighted by molar-refractivity contribution is 5.79. The average molecular weight is 220 g/mol. The van der Waals surface area contributed by atoms with Gasteiger partial charge in [0.15, 0.2) is 0 Å². The summed E-state index contributed by atoms with van der Waals surface area (Å²) >= 11 is 0. The normalized spacial score (nSPS) is 10.0. The van der Waals surface area contributed by atoms with E-state index >= 15 is 0 Å². The van der Waals surface area contributed by atoms with E-state index < -0.39 is 0 Å². The predicted octanol–water partition coefficient (Wildman–Crippen LogP) is 1.88. The van der Waals surface area contributed by atoms with Crippen molar-refractivity contribution in [2.75, 3.05) is 0 Å². The molecular formula is C12H16N2O2. The summed E-state index contributed by atoms with van der Waals surface area (Å²) in [6, 6.07) is 6.67. The highest BCUT2D eigenvalue weighted by atomic mass is 16.1. The minimum absolute atomic E-state index is 0.273. The van der Waals surface area contributed by atoms with E-state index in [1.165, 1.54) is 0 Å². The number of benzene rings is 1. The van der Waals surface area contributed by atoms with Crippen LogP contribution in [0, 0.1) is 5.92 Å². The largest absolute Gasteiger partial charge is 0.270 e. The maximum atomic E-state index is 11.1. The maximum Gasteiger partial charge on any atom is 0.270 e. The van der Waals surface area contributed by atoms with Crippen LogP contribution in [0.2, 0.25) is 0 Å². The molecule has 0 spiro atoms. The van der Waals surface area contributed by atoms with Gasteiger partial charge in [-0.1, -0.05) is 32.9 Å². The van der Waals surface area contributed by atoms with Crippen LogP contribution in [0.5, 0.6) is 0 Å². The van der Waals surface area contributed by atoms with Crippen LogP contribution in [0.15, 0.2) is 33.9 Å². The summed E-state index contributed by atoms with van der Waals surface area (Å²) in [6.07, 6.45) is 0. The molecule has 0 atom stereocenters. The minimum Gasteiger partial charge on any atom is -0.267 e. The second-order valence-corrected chi connectivity index (χ2v) is 4.19. The van der Waals surface area contributed by atoms with Crippen molar-refractivity contribution in [2.24, 2.45) is 5.92 Å². The molecule has 16 heavy (non-hydrogen) atoms. The van der Waals surface area contributed by atoms with Gasteiger partial charge in [-0.2, -0.15) is 0 Å². The average Bonchev–Trinajstić information content (AvgIpc) is 2.23. The first-order valence-electron chi connectivity index (χ1n) is 5.22. The minimum atomic E-state index is -0.273. The molecule has 2 N–H and O–H groups in total. The van der Waals surface area contributed by atoms with Gasteiger partial charge in [0.2, 0.25) is 0 Å². The number of hydrogen-bond acceptors (Lipinski definition) is 2. The van der Waals surface area contributed by atoms with Crippen molar-refractivity contribution in [3.05, 3.63) is 45.0 Å². The summed E-state index contributed by atoms with van der Waals surface area (Å²) in [5, 5.41) is 5.33. The van der Waals surface area contributed by atoms with Crippen LogP contribution in [0.4, 0.5) is 0 Å². The summed E-state index contributed by atoms with van der Waals surface area (Å²) in [5.74, 6) is 0.833. The van der Waals surface area contributed by atoms with Crippen molar-refractivity contribution in [3.63, 3.8) is 0 Å². The Morgan fingerprint density at radius 3 is 1.50 bits per heavy atom. The highest BCUT2D eigenvalue weighted by Gasteiger charge is 1.98. The number of fused-ring (bicyclic) bond motifs is 1. The smallest absolute Gasteiger partial charge is 0.267 e.